The molecule has 0 atom stereocenters. The minimum atomic E-state index is -4.46. The van der Waals surface area contributed by atoms with Crippen LogP contribution in [-0.2, 0) is 17.5 Å². The summed E-state index contributed by atoms with van der Waals surface area (Å²) in [5.74, 6) is -0.0741. The number of ether oxygens (including phenoxy) is 2. The molecule has 1 aliphatic heterocycles. The van der Waals surface area contributed by atoms with Gasteiger partial charge in [0.1, 0.15) is 6.61 Å². The van der Waals surface area contributed by atoms with Gasteiger partial charge in [-0.3, -0.25) is 4.79 Å². The van der Waals surface area contributed by atoms with Crippen molar-refractivity contribution in [2.45, 2.75) is 12.8 Å². The Morgan fingerprint density at radius 3 is 2.60 bits per heavy atom. The van der Waals surface area contributed by atoms with Gasteiger partial charge in [-0.1, -0.05) is 12.1 Å². The van der Waals surface area contributed by atoms with Crippen molar-refractivity contribution < 1.29 is 32.2 Å². The van der Waals surface area contributed by atoms with E-state index in [9.17, 15) is 23.1 Å². The minimum absolute atomic E-state index is 0.00203. The molecule has 6 nitrogen and oxygen atoms in total. The zero-order valence-electron chi connectivity index (χ0n) is 15.7. The number of hydrogen-bond donors (Lipinski definition) is 1. The molecule has 1 aliphatic rings. The van der Waals surface area contributed by atoms with Gasteiger partial charge in [0.25, 0.3) is 0 Å². The van der Waals surface area contributed by atoms with Gasteiger partial charge in [-0.05, 0) is 29.8 Å². The predicted molar refractivity (Wildman–Crippen MR) is 103 cm³/mol. The number of phenols is 1. The maximum Gasteiger partial charge on any atom is 0.416 e. The Morgan fingerprint density at radius 1 is 1.10 bits per heavy atom. The zero-order chi connectivity index (χ0) is 21.3. The summed E-state index contributed by atoms with van der Waals surface area (Å²) >= 11 is 0. The molecule has 0 bridgehead atoms. The van der Waals surface area contributed by atoms with E-state index in [1.165, 1.54) is 30.3 Å². The SMILES string of the molecule is O=c1cc(N2CCOCC2)oc2c(O)c(OCc3cccc(C(F)(F)F)c3)ccc12. The molecule has 2 heterocycles. The van der Waals surface area contributed by atoms with Crippen molar-refractivity contribution in [3.63, 3.8) is 0 Å². The second kappa shape index (κ2) is 7.91. The van der Waals surface area contributed by atoms with Crippen LogP contribution < -0.4 is 15.1 Å². The molecule has 1 aromatic heterocycles. The van der Waals surface area contributed by atoms with Crippen LogP contribution in [0, 0.1) is 0 Å². The van der Waals surface area contributed by atoms with Gasteiger partial charge < -0.3 is 23.9 Å². The van der Waals surface area contributed by atoms with Gasteiger partial charge in [0.05, 0.1) is 24.2 Å². The number of halogens is 3. The monoisotopic (exact) mass is 421 g/mol. The molecule has 0 saturated carbocycles. The fourth-order valence-corrected chi connectivity index (χ4v) is 3.23. The number of morpholine rings is 1. The van der Waals surface area contributed by atoms with Crippen LogP contribution in [0.4, 0.5) is 19.1 Å². The molecule has 0 amide bonds. The number of hydrogen-bond acceptors (Lipinski definition) is 6. The number of aromatic hydroxyl groups is 1. The smallest absolute Gasteiger partial charge is 0.416 e. The maximum absolute atomic E-state index is 12.9. The Kier molecular flexibility index (Phi) is 5.29. The third-order valence-electron chi connectivity index (χ3n) is 4.79. The maximum atomic E-state index is 12.9. The Hall–Kier alpha value is -3.20. The molecule has 3 aromatic rings. The van der Waals surface area contributed by atoms with Crippen LogP contribution in [0.1, 0.15) is 11.1 Å². The lowest BCUT2D eigenvalue weighted by Crippen LogP contribution is -2.36. The van der Waals surface area contributed by atoms with Crippen molar-refractivity contribution in [1.29, 1.82) is 0 Å². The second-order valence-electron chi connectivity index (χ2n) is 6.82. The first-order chi connectivity index (χ1) is 14.3. The van der Waals surface area contributed by atoms with Gasteiger partial charge in [-0.15, -0.1) is 0 Å². The highest BCUT2D eigenvalue weighted by Crippen LogP contribution is 2.36. The van der Waals surface area contributed by atoms with Crippen molar-refractivity contribution in [3.8, 4) is 11.5 Å². The molecule has 9 heteroatoms. The number of anilines is 1. The van der Waals surface area contributed by atoms with Crippen LogP contribution in [-0.4, -0.2) is 31.4 Å². The normalized spacial score (nSPS) is 14.8. The number of phenolic OH excluding ortho intramolecular Hbond substituents is 1. The number of fused-ring (bicyclic) bond motifs is 1. The summed E-state index contributed by atoms with van der Waals surface area (Å²) in [6.07, 6.45) is -4.46. The predicted octanol–water partition coefficient (Wildman–Crippen LogP) is 3.93. The van der Waals surface area contributed by atoms with E-state index >= 15 is 0 Å². The highest BCUT2D eigenvalue weighted by atomic mass is 19.4. The second-order valence-corrected chi connectivity index (χ2v) is 6.82. The first kappa shape index (κ1) is 20.1. The molecule has 2 aromatic carbocycles. The summed E-state index contributed by atoms with van der Waals surface area (Å²) in [5.41, 5.74) is -0.858. The summed E-state index contributed by atoms with van der Waals surface area (Å²) in [6, 6.07) is 8.92. The summed E-state index contributed by atoms with van der Waals surface area (Å²) in [4.78, 5) is 14.3. The van der Waals surface area contributed by atoms with Gasteiger partial charge in [-0.25, -0.2) is 0 Å². The van der Waals surface area contributed by atoms with Gasteiger partial charge in [-0.2, -0.15) is 13.2 Å². The largest absolute Gasteiger partial charge is 0.502 e. The topological polar surface area (TPSA) is 72.1 Å². The number of nitrogens with zero attached hydrogens (tertiary/aromatic N) is 1. The molecule has 1 N–H and O–H groups in total. The number of rotatable bonds is 4. The minimum Gasteiger partial charge on any atom is -0.502 e. The lowest BCUT2D eigenvalue weighted by molar-refractivity contribution is -0.137. The van der Waals surface area contributed by atoms with E-state index < -0.39 is 11.7 Å². The third kappa shape index (κ3) is 4.06. The van der Waals surface area contributed by atoms with E-state index in [2.05, 4.69) is 0 Å². The van der Waals surface area contributed by atoms with Crippen molar-refractivity contribution >= 4 is 16.9 Å². The van der Waals surface area contributed by atoms with E-state index in [-0.39, 0.29) is 40.1 Å². The van der Waals surface area contributed by atoms with E-state index in [0.29, 0.717) is 32.2 Å². The van der Waals surface area contributed by atoms with Crippen LogP contribution in [0.3, 0.4) is 0 Å². The average molecular weight is 421 g/mol. The van der Waals surface area contributed by atoms with Gasteiger partial charge in [0.15, 0.2) is 22.6 Å². The number of benzene rings is 2. The Morgan fingerprint density at radius 2 is 1.87 bits per heavy atom. The van der Waals surface area contributed by atoms with Crippen LogP contribution >= 0.6 is 0 Å². The average Bonchev–Trinajstić information content (AvgIpc) is 2.74. The Bertz CT molecular complexity index is 1120. The first-order valence-electron chi connectivity index (χ1n) is 9.24. The molecule has 0 radical (unpaired) electrons. The highest BCUT2D eigenvalue weighted by Gasteiger charge is 2.30. The Labute approximate surface area is 169 Å². The van der Waals surface area contributed by atoms with Crippen molar-refractivity contribution in [2.75, 3.05) is 31.2 Å². The molecule has 158 valence electrons. The van der Waals surface area contributed by atoms with Crippen molar-refractivity contribution in [1.82, 2.24) is 0 Å². The van der Waals surface area contributed by atoms with E-state index in [1.54, 1.807) is 0 Å². The standard InChI is InChI=1S/C21H18F3NO5/c22-21(23,24)14-3-1-2-13(10-14)12-29-17-5-4-15-16(26)11-18(30-20(15)19(17)27)25-6-8-28-9-7-25/h1-5,10-11,27H,6-9,12H2. The number of alkyl halides is 3. The molecular formula is C21H18F3NO5. The summed E-state index contributed by atoms with van der Waals surface area (Å²) < 4.78 is 55.1. The zero-order valence-corrected chi connectivity index (χ0v) is 15.7. The Balaban J connectivity index is 1.62. The lowest BCUT2D eigenvalue weighted by atomic mass is 10.1. The van der Waals surface area contributed by atoms with Crippen LogP contribution in [0.5, 0.6) is 11.5 Å². The van der Waals surface area contributed by atoms with E-state index in [4.69, 9.17) is 13.9 Å². The van der Waals surface area contributed by atoms with E-state index in [1.807, 2.05) is 4.90 Å². The quantitative estimate of drug-likeness (QED) is 0.688. The molecule has 1 fully saturated rings. The highest BCUT2D eigenvalue weighted by molar-refractivity contribution is 5.85. The van der Waals surface area contributed by atoms with Crippen LogP contribution in [0.25, 0.3) is 11.0 Å². The summed E-state index contributed by atoms with van der Waals surface area (Å²) in [6.45, 7) is 1.88. The molecule has 4 rings (SSSR count). The summed E-state index contributed by atoms with van der Waals surface area (Å²) in [7, 11) is 0. The summed E-state index contributed by atoms with van der Waals surface area (Å²) in [5, 5.41) is 10.8. The molecule has 0 unspecified atom stereocenters. The van der Waals surface area contributed by atoms with Gasteiger partial charge in [0.2, 0.25) is 5.75 Å². The third-order valence-corrected chi connectivity index (χ3v) is 4.79. The lowest BCUT2D eigenvalue weighted by Gasteiger charge is -2.27. The fourth-order valence-electron chi connectivity index (χ4n) is 3.23. The molecule has 1 saturated heterocycles. The molecular weight excluding hydrogens is 403 g/mol. The van der Waals surface area contributed by atoms with Crippen molar-refractivity contribution in [2.24, 2.45) is 0 Å². The molecule has 0 spiro atoms. The van der Waals surface area contributed by atoms with Crippen molar-refractivity contribution in [3.05, 3.63) is 63.8 Å². The van der Waals surface area contributed by atoms with Gasteiger partial charge >= 0.3 is 6.18 Å². The van der Waals surface area contributed by atoms with Crippen LogP contribution in [0.15, 0.2) is 51.7 Å². The molecule has 0 aliphatic carbocycles. The van der Waals surface area contributed by atoms with Gasteiger partial charge in [0, 0.05) is 19.2 Å². The van der Waals surface area contributed by atoms with Crippen LogP contribution in [0.2, 0.25) is 0 Å². The van der Waals surface area contributed by atoms with E-state index in [0.717, 1.165) is 12.1 Å². The molecule has 30 heavy (non-hydrogen) atoms. The fraction of sp³-hybridized carbons (Fsp3) is 0.286. The first-order valence-corrected chi connectivity index (χ1v) is 9.24.